The minimum atomic E-state index is -1.03. The highest BCUT2D eigenvalue weighted by molar-refractivity contribution is 5.83. The number of likely N-dealkylation sites (tertiary alicyclic amines) is 1. The van der Waals surface area contributed by atoms with Crippen LogP contribution in [0.25, 0.3) is 0 Å². The predicted octanol–water partition coefficient (Wildman–Crippen LogP) is 1.97. The number of nitrogens with zero attached hydrogens (tertiary/aromatic N) is 3. The predicted molar refractivity (Wildman–Crippen MR) is 107 cm³/mol. The van der Waals surface area contributed by atoms with E-state index in [4.69, 9.17) is 10.3 Å². The summed E-state index contributed by atoms with van der Waals surface area (Å²) in [4.78, 5) is 30.0. The summed E-state index contributed by atoms with van der Waals surface area (Å²) in [5.74, 6) is -0.269. The first-order chi connectivity index (χ1) is 14.3. The molecule has 1 aliphatic heterocycles. The Hall–Kier alpha value is -3.14. The number of benzene rings is 1. The number of carboxylic acid groups (broad SMARTS) is 1. The second kappa shape index (κ2) is 9.12. The molecule has 2 amide bonds. The maximum atomic E-state index is 12.8. The average Bonchev–Trinajstić information content (AvgIpc) is 3.38. The second-order valence-electron chi connectivity index (χ2n) is 7.82. The molecule has 30 heavy (non-hydrogen) atoms. The summed E-state index contributed by atoms with van der Waals surface area (Å²) >= 11 is 0. The normalized spacial score (nSPS) is 18.4. The molecule has 2 aromatic rings. The Morgan fingerprint density at radius 2 is 2.03 bits per heavy atom. The van der Waals surface area contributed by atoms with Gasteiger partial charge in [-0.05, 0) is 36.5 Å². The van der Waals surface area contributed by atoms with E-state index in [1.165, 1.54) is 4.90 Å². The van der Waals surface area contributed by atoms with Crippen molar-refractivity contribution in [2.45, 2.75) is 51.2 Å². The molecule has 2 heterocycles. The van der Waals surface area contributed by atoms with E-state index in [0.717, 1.165) is 5.56 Å². The number of hydrogen-bond acceptors (Lipinski definition) is 7. The molecule has 0 radical (unpaired) electrons. The van der Waals surface area contributed by atoms with Gasteiger partial charge in [-0.25, -0.2) is 9.59 Å². The number of amides is 2. The molecule has 162 valence electrons. The van der Waals surface area contributed by atoms with Crippen molar-refractivity contribution in [2.24, 2.45) is 11.7 Å². The van der Waals surface area contributed by atoms with Crippen molar-refractivity contribution >= 4 is 12.0 Å². The molecule has 1 aromatic carbocycles. The van der Waals surface area contributed by atoms with Crippen LogP contribution in [0.4, 0.5) is 4.79 Å². The van der Waals surface area contributed by atoms with E-state index in [0.29, 0.717) is 31.6 Å². The molecule has 0 spiro atoms. The molecule has 10 nitrogen and oxygen atoms in total. The molecule has 0 unspecified atom stereocenters. The molecule has 1 aromatic heterocycles. The van der Waals surface area contributed by atoms with Crippen LogP contribution in [0.2, 0.25) is 0 Å². The Morgan fingerprint density at radius 3 is 2.67 bits per heavy atom. The fourth-order valence-electron chi connectivity index (χ4n) is 3.39. The van der Waals surface area contributed by atoms with Gasteiger partial charge >= 0.3 is 12.0 Å². The van der Waals surface area contributed by atoms with Gasteiger partial charge in [-0.2, -0.15) is 4.98 Å². The lowest BCUT2D eigenvalue weighted by atomic mass is 10.0. The summed E-state index contributed by atoms with van der Waals surface area (Å²) in [5.41, 5.74) is 6.92. The third-order valence-electron chi connectivity index (χ3n) is 5.24. The zero-order valence-corrected chi connectivity index (χ0v) is 17.0. The van der Waals surface area contributed by atoms with Crippen molar-refractivity contribution in [1.82, 2.24) is 20.4 Å². The molecule has 3 atom stereocenters. The van der Waals surface area contributed by atoms with Crippen LogP contribution in [0.15, 0.2) is 28.8 Å². The minimum absolute atomic E-state index is 0.0986. The largest absolute Gasteiger partial charge is 0.508 e. The summed E-state index contributed by atoms with van der Waals surface area (Å²) in [5, 5.41) is 25.6. The van der Waals surface area contributed by atoms with Gasteiger partial charge in [0.15, 0.2) is 5.82 Å². The highest BCUT2D eigenvalue weighted by atomic mass is 16.5. The lowest BCUT2D eigenvalue weighted by molar-refractivity contribution is -0.141. The Bertz CT molecular complexity index is 882. The molecular formula is C20H27N5O5. The van der Waals surface area contributed by atoms with E-state index < -0.39 is 30.1 Å². The second-order valence-corrected chi connectivity index (χ2v) is 7.82. The fraction of sp³-hybridized carbons (Fsp3) is 0.500. The molecule has 0 bridgehead atoms. The highest BCUT2D eigenvalue weighted by Crippen LogP contribution is 2.24. The topological polar surface area (TPSA) is 155 Å². The monoisotopic (exact) mass is 417 g/mol. The Labute approximate surface area is 174 Å². The molecule has 1 saturated heterocycles. The molecule has 5 N–H and O–H groups in total. The zero-order valence-electron chi connectivity index (χ0n) is 17.0. The van der Waals surface area contributed by atoms with Gasteiger partial charge in [0, 0.05) is 13.0 Å². The number of phenols is 1. The quantitative estimate of drug-likeness (QED) is 0.533. The van der Waals surface area contributed by atoms with Crippen LogP contribution in [0.5, 0.6) is 5.75 Å². The number of hydrogen-bond donors (Lipinski definition) is 4. The van der Waals surface area contributed by atoms with Crippen molar-refractivity contribution in [1.29, 1.82) is 0 Å². The Kier molecular flexibility index (Phi) is 6.56. The zero-order chi connectivity index (χ0) is 21.8. The van der Waals surface area contributed by atoms with Crippen LogP contribution in [-0.2, 0) is 11.2 Å². The summed E-state index contributed by atoms with van der Waals surface area (Å²) in [7, 11) is 0. The van der Waals surface area contributed by atoms with E-state index in [1.807, 2.05) is 13.8 Å². The number of carboxylic acids is 1. The van der Waals surface area contributed by atoms with E-state index >= 15 is 0 Å². The molecule has 1 aliphatic rings. The van der Waals surface area contributed by atoms with Crippen molar-refractivity contribution < 1.29 is 24.3 Å². The van der Waals surface area contributed by atoms with E-state index in [2.05, 4.69) is 15.5 Å². The number of nitrogens with two attached hydrogens (primary N) is 1. The molecule has 0 saturated carbocycles. The van der Waals surface area contributed by atoms with Crippen molar-refractivity contribution in [3.8, 4) is 5.75 Å². The van der Waals surface area contributed by atoms with E-state index in [9.17, 15) is 19.8 Å². The minimum Gasteiger partial charge on any atom is -0.508 e. The first-order valence-electron chi connectivity index (χ1n) is 9.93. The number of rotatable bonds is 7. The lowest BCUT2D eigenvalue weighted by Gasteiger charge is -2.24. The first kappa shape index (κ1) is 21.6. The molecule has 1 fully saturated rings. The standard InChI is InChI=1S/C20H27N5O5/c1-11(2)16(21)17-23-18(30-24-17)14(10-12-5-7-13(26)8-6-12)22-20(29)25-9-3-4-15(25)19(27)28/h5-8,11,14-16,26H,3-4,9-10,21H2,1-2H3,(H,22,29)(H,27,28)/t14-,15-,16-/m0/s1. The number of aromatic hydroxyl groups is 1. The highest BCUT2D eigenvalue weighted by Gasteiger charge is 2.35. The van der Waals surface area contributed by atoms with Crippen LogP contribution in [0, 0.1) is 5.92 Å². The van der Waals surface area contributed by atoms with Crippen LogP contribution < -0.4 is 11.1 Å². The molecule has 10 heteroatoms. The maximum absolute atomic E-state index is 12.8. The number of aliphatic carboxylic acids is 1. The van der Waals surface area contributed by atoms with Crippen LogP contribution in [0.1, 0.15) is 56.1 Å². The number of phenolic OH excluding ortho intramolecular Hbond substituents is 1. The first-order valence-corrected chi connectivity index (χ1v) is 9.93. The lowest BCUT2D eigenvalue weighted by Crippen LogP contribution is -2.47. The SMILES string of the molecule is CC(C)[C@H](N)c1noc([C@H](Cc2ccc(O)cc2)NC(=O)N2CCC[C@H]2C(=O)O)n1. The summed E-state index contributed by atoms with van der Waals surface area (Å²) < 4.78 is 5.39. The summed E-state index contributed by atoms with van der Waals surface area (Å²) in [6.45, 7) is 4.24. The van der Waals surface area contributed by atoms with Crippen molar-refractivity contribution in [3.05, 3.63) is 41.5 Å². The summed E-state index contributed by atoms with van der Waals surface area (Å²) in [6, 6.07) is 4.08. The molecule has 0 aliphatic carbocycles. The van der Waals surface area contributed by atoms with Gasteiger partial charge in [0.05, 0.1) is 6.04 Å². The Morgan fingerprint density at radius 1 is 1.33 bits per heavy atom. The van der Waals surface area contributed by atoms with Crippen molar-refractivity contribution in [2.75, 3.05) is 6.54 Å². The summed E-state index contributed by atoms with van der Waals surface area (Å²) in [6.07, 6.45) is 1.36. The van der Waals surface area contributed by atoms with Crippen LogP contribution in [-0.4, -0.2) is 49.8 Å². The molecular weight excluding hydrogens is 390 g/mol. The van der Waals surface area contributed by atoms with Gasteiger partial charge in [-0.1, -0.05) is 31.1 Å². The number of nitrogens with one attached hydrogen (secondary N) is 1. The van der Waals surface area contributed by atoms with Gasteiger partial charge in [0.2, 0.25) is 5.89 Å². The van der Waals surface area contributed by atoms with Crippen LogP contribution in [0.3, 0.4) is 0 Å². The maximum Gasteiger partial charge on any atom is 0.326 e. The third-order valence-corrected chi connectivity index (χ3v) is 5.24. The fourth-order valence-corrected chi connectivity index (χ4v) is 3.39. The van der Waals surface area contributed by atoms with Gasteiger partial charge in [-0.3, -0.25) is 0 Å². The van der Waals surface area contributed by atoms with Gasteiger partial charge < -0.3 is 30.7 Å². The Balaban J connectivity index is 1.83. The third kappa shape index (κ3) is 4.88. The van der Waals surface area contributed by atoms with E-state index in [1.54, 1.807) is 24.3 Å². The average molecular weight is 417 g/mol. The van der Waals surface area contributed by atoms with Crippen molar-refractivity contribution in [3.63, 3.8) is 0 Å². The van der Waals surface area contributed by atoms with E-state index in [-0.39, 0.29) is 17.6 Å². The van der Waals surface area contributed by atoms with Gasteiger partial charge in [-0.15, -0.1) is 0 Å². The van der Waals surface area contributed by atoms with Crippen LogP contribution >= 0.6 is 0 Å². The number of carbonyl (C=O) groups excluding carboxylic acids is 1. The number of carbonyl (C=O) groups is 2. The molecule has 3 rings (SSSR count). The number of urea groups is 1. The van der Waals surface area contributed by atoms with Gasteiger partial charge in [0.25, 0.3) is 0 Å². The van der Waals surface area contributed by atoms with Gasteiger partial charge in [0.1, 0.15) is 17.8 Å². The smallest absolute Gasteiger partial charge is 0.326 e. The number of aromatic nitrogens is 2.